The highest BCUT2D eigenvalue weighted by Crippen LogP contribution is 2.30. The Morgan fingerprint density at radius 2 is 1.26 bits per heavy atom. The van der Waals surface area contributed by atoms with Crippen molar-refractivity contribution in [2.75, 3.05) is 31.1 Å². The van der Waals surface area contributed by atoms with Gasteiger partial charge in [0.25, 0.3) is 0 Å². The molecule has 13 amide bonds. The number of aromatic hydroxyl groups is 1. The van der Waals surface area contributed by atoms with Gasteiger partial charge in [-0.25, -0.2) is 0 Å². The number of hydrogen-bond acceptors (Lipinski definition) is 19. The summed E-state index contributed by atoms with van der Waals surface area (Å²) in [5.74, 6) is -14.4. The van der Waals surface area contributed by atoms with E-state index in [0.717, 1.165) is 21.6 Å². The second-order valence-electron chi connectivity index (χ2n) is 26.5. The first-order chi connectivity index (χ1) is 50.6. The first-order valence-electron chi connectivity index (χ1n) is 35.1. The van der Waals surface area contributed by atoms with E-state index in [-0.39, 0.29) is 87.2 Å². The van der Waals surface area contributed by atoms with E-state index in [4.69, 9.17) is 28.7 Å². The summed E-state index contributed by atoms with van der Waals surface area (Å²) in [6.07, 6.45) is 1.07. The van der Waals surface area contributed by atoms with Crippen molar-refractivity contribution in [1.82, 2.24) is 63.1 Å². The van der Waals surface area contributed by atoms with Gasteiger partial charge in [-0.2, -0.15) is 0 Å². The zero-order chi connectivity index (χ0) is 77.0. The number of hydrogen-bond donors (Lipinski definition) is 18. The maximum atomic E-state index is 15.3. The van der Waals surface area contributed by atoms with E-state index in [1.807, 2.05) is 0 Å². The molecule has 1 aromatic heterocycles. The van der Waals surface area contributed by atoms with Crippen LogP contribution in [0.25, 0.3) is 10.9 Å². The van der Waals surface area contributed by atoms with E-state index in [1.165, 1.54) is 29.2 Å². The topological polar surface area (TPSA) is 561 Å². The zero-order valence-electron chi connectivity index (χ0n) is 58.8. The third-order valence-electron chi connectivity index (χ3n) is 18.2. The summed E-state index contributed by atoms with van der Waals surface area (Å²) in [6, 6.07) is 5.93. The molecule has 34 nitrogen and oxygen atoms in total. The van der Waals surface area contributed by atoms with Gasteiger partial charge in [-0.3, -0.25) is 72.1 Å². The number of nitrogens with two attached hydrogens (primary N) is 5. The summed E-state index contributed by atoms with van der Waals surface area (Å²) < 4.78 is 0. The van der Waals surface area contributed by atoms with Gasteiger partial charge in [0.1, 0.15) is 66.2 Å². The highest BCUT2D eigenvalue weighted by molar-refractivity contribution is 8.76. The van der Waals surface area contributed by atoms with Crippen LogP contribution in [0.4, 0.5) is 0 Å². The molecule has 3 aliphatic rings. The number of amides is 13. The number of carbonyl (C=O) groups is 14. The van der Waals surface area contributed by atoms with E-state index in [9.17, 15) is 63.0 Å². The fraction of sp³-hybridized carbons (Fsp3) is 0.500. The van der Waals surface area contributed by atoms with E-state index < -0.39 is 188 Å². The van der Waals surface area contributed by atoms with Crippen LogP contribution < -0.4 is 81.8 Å². The summed E-state index contributed by atoms with van der Waals surface area (Å²) in [6.45, 7) is 1.48. The standard InChI is InChI=1S/C70H96N18O16S2/c1-38(71)31-57(92)88-30-10-18-54(88)68(103)83-49(33-40-19-21-43(89)22-20-40)65(100)86-53-37-106-105-36-52(60(73)95)85-63(98)48(24-26-58(93)94)81-66(101)51(34-42-35-78-45-16-8-7-15-44(42)45)82-62(97)47(23-25-55(72)90)79-56(91)27-29-76-61(96)46(17-9-28-77-70(74)75)80-64(99)50(32-39-11-3-2-4-12-39)84-69(104)59(87-67(53)102)41-13-5-6-14-41/h2-4,7-8,11-12,15-16,19-22,35,38,41,46-54,59,78,89H,5-6,9-10,13-14,17-18,23-34,36-37,71H2,1H3,(H2,72,90)(H2,73,95)(H,76,96)(H,79,91)(H,80,99)(H,81,101)(H,82,97)(H,83,103)(H,84,104)(H,85,98)(H,86,100)(H,87,102)(H,93,94)(H4,74,75,77)/t38-,46-,47-,48-,49-,50-,51-,52+,53-,54-,59-/m0/s1. The van der Waals surface area contributed by atoms with Crippen LogP contribution in [0.15, 0.2) is 90.1 Å². The molecular formula is C70H96N18O16S2. The molecule has 1 saturated carbocycles. The second-order valence-corrected chi connectivity index (χ2v) is 29.1. The Morgan fingerprint density at radius 1 is 0.651 bits per heavy atom. The third-order valence-corrected chi connectivity index (χ3v) is 20.6. The monoisotopic (exact) mass is 1510 g/mol. The van der Waals surface area contributed by atoms with Crippen LogP contribution in [0.1, 0.15) is 114 Å². The number of guanidine groups is 1. The number of H-pyrrole nitrogens is 1. The average molecular weight is 1510 g/mol. The predicted molar refractivity (Wildman–Crippen MR) is 393 cm³/mol. The number of carboxylic acid groups (broad SMARTS) is 1. The van der Waals surface area contributed by atoms with E-state index >= 15 is 14.4 Å². The van der Waals surface area contributed by atoms with Crippen molar-refractivity contribution in [3.8, 4) is 5.75 Å². The van der Waals surface area contributed by atoms with Gasteiger partial charge in [0.15, 0.2) is 5.96 Å². The Morgan fingerprint density at radius 3 is 1.93 bits per heavy atom. The van der Waals surface area contributed by atoms with Gasteiger partial charge >= 0.3 is 5.97 Å². The molecule has 0 spiro atoms. The van der Waals surface area contributed by atoms with Gasteiger partial charge < -0.3 is 102 Å². The van der Waals surface area contributed by atoms with Crippen LogP contribution in [-0.2, 0) is 86.4 Å². The minimum atomic E-state index is -1.73. The molecule has 106 heavy (non-hydrogen) atoms. The molecule has 2 aliphatic heterocycles. The normalized spacial score (nSPS) is 23.2. The van der Waals surface area contributed by atoms with Crippen molar-refractivity contribution in [1.29, 1.82) is 0 Å². The van der Waals surface area contributed by atoms with Crippen LogP contribution in [0.3, 0.4) is 0 Å². The van der Waals surface area contributed by atoms with E-state index in [2.05, 4.69) is 63.1 Å². The molecule has 3 fully saturated rings. The number of phenolic OH excluding ortho intramolecular Hbond substituents is 1. The molecule has 23 N–H and O–H groups in total. The summed E-state index contributed by atoms with van der Waals surface area (Å²) in [5.41, 5.74) is 30.7. The number of benzene rings is 3. The van der Waals surface area contributed by atoms with Crippen molar-refractivity contribution in [3.05, 3.63) is 102 Å². The van der Waals surface area contributed by atoms with Gasteiger partial charge in [-0.15, -0.1) is 0 Å². The van der Waals surface area contributed by atoms with Gasteiger partial charge in [0.05, 0.1) is 0 Å². The lowest BCUT2D eigenvalue weighted by Crippen LogP contribution is -2.61. The van der Waals surface area contributed by atoms with E-state index in [0.29, 0.717) is 59.7 Å². The molecule has 36 heteroatoms. The summed E-state index contributed by atoms with van der Waals surface area (Å²) in [4.78, 5) is 206. The molecule has 0 radical (unpaired) electrons. The summed E-state index contributed by atoms with van der Waals surface area (Å²) >= 11 is 0. The SMILES string of the molecule is C[C@H](N)CC(=O)N1CCC[C@H]1C(=O)N[C@@H](Cc1ccc(O)cc1)C(=O)N[C@H]1CSSC[C@H](C(N)=O)NC(=O)[C@H](CCC(=O)O)NC(=O)[C@H](Cc2c[nH]c3ccccc23)NC(=O)[C@H](CCC(N)=O)NC(=O)CCNC(=O)[C@H](CCCN=C(N)N)NC(=O)[C@H](Cc2ccccc2)NC(=O)[C@H](C2CCCC2)NC1=O. The van der Waals surface area contributed by atoms with Crippen molar-refractivity contribution in [2.24, 2.45) is 39.6 Å². The third kappa shape index (κ3) is 26.3. The van der Waals surface area contributed by atoms with Gasteiger partial charge in [0, 0.05) is 99.2 Å². The van der Waals surface area contributed by atoms with Crippen LogP contribution in [-0.4, -0.2) is 206 Å². The molecule has 1 aliphatic carbocycles. The number of aromatic nitrogens is 1. The number of likely N-dealkylation sites (tertiary alicyclic amines) is 1. The molecule has 0 unspecified atom stereocenters. The minimum Gasteiger partial charge on any atom is -0.508 e. The number of nitrogens with zero attached hydrogens (tertiary/aromatic N) is 2. The maximum absolute atomic E-state index is 15.3. The van der Waals surface area contributed by atoms with Crippen molar-refractivity contribution < 1.29 is 77.3 Å². The summed E-state index contributed by atoms with van der Waals surface area (Å²) in [7, 11) is 1.77. The maximum Gasteiger partial charge on any atom is 0.303 e. The molecule has 3 heterocycles. The number of carbonyl (C=O) groups excluding carboxylic acids is 13. The number of fused-ring (bicyclic) bond motifs is 1. The van der Waals surface area contributed by atoms with Gasteiger partial charge in [-0.1, -0.05) is 95.1 Å². The number of nitrogens with one attached hydrogen (secondary N) is 11. The lowest BCUT2D eigenvalue weighted by molar-refractivity contribution is -0.140. The minimum absolute atomic E-state index is 0.00765. The fourth-order valence-electron chi connectivity index (χ4n) is 12.6. The van der Waals surface area contributed by atoms with Crippen LogP contribution in [0.5, 0.6) is 5.75 Å². The van der Waals surface area contributed by atoms with E-state index in [1.54, 1.807) is 67.7 Å². The van der Waals surface area contributed by atoms with Crippen LogP contribution in [0, 0.1) is 5.92 Å². The van der Waals surface area contributed by atoms with Crippen LogP contribution in [0.2, 0.25) is 0 Å². The smallest absolute Gasteiger partial charge is 0.303 e. The zero-order valence-corrected chi connectivity index (χ0v) is 60.4. The Labute approximate surface area is 619 Å². The lowest BCUT2D eigenvalue weighted by atomic mass is 9.95. The molecule has 3 aromatic carbocycles. The first-order valence-corrected chi connectivity index (χ1v) is 37.6. The number of rotatable bonds is 24. The number of aromatic amines is 1. The number of para-hydroxylation sites is 1. The average Bonchev–Trinajstić information content (AvgIpc) is 1.64. The Balaban J connectivity index is 1.27. The molecule has 0 bridgehead atoms. The molecule has 574 valence electrons. The van der Waals surface area contributed by atoms with Gasteiger partial charge in [0.2, 0.25) is 76.8 Å². The Bertz CT molecular complexity index is 3800. The Hall–Kier alpha value is -10.5. The summed E-state index contributed by atoms with van der Waals surface area (Å²) in [5, 5.41) is 47.4. The molecule has 2 saturated heterocycles. The second kappa shape index (κ2) is 41.3. The Kier molecular flexibility index (Phi) is 32.2. The molecular weight excluding hydrogens is 1410 g/mol. The van der Waals surface area contributed by atoms with Crippen molar-refractivity contribution in [3.63, 3.8) is 0 Å². The quantitative estimate of drug-likeness (QED) is 0.0153. The highest BCUT2D eigenvalue weighted by Gasteiger charge is 2.41. The number of aliphatic imine (C=N–C) groups is 1. The van der Waals surface area contributed by atoms with Crippen molar-refractivity contribution in [2.45, 2.75) is 183 Å². The highest BCUT2D eigenvalue weighted by atomic mass is 33.1. The number of aliphatic carboxylic acids is 1. The predicted octanol–water partition coefficient (Wildman–Crippen LogP) is -2.25. The van der Waals surface area contributed by atoms with Crippen LogP contribution >= 0.6 is 21.6 Å². The fourth-order valence-corrected chi connectivity index (χ4v) is 14.9. The number of carboxylic acids is 1. The molecule has 4 aromatic rings. The molecule has 7 rings (SSSR count). The first kappa shape index (κ1) is 82.8. The number of primary amides is 2. The number of phenols is 1. The lowest BCUT2D eigenvalue weighted by Gasteiger charge is -2.30. The largest absolute Gasteiger partial charge is 0.508 e. The van der Waals surface area contributed by atoms with Crippen molar-refractivity contribution >= 4 is 121 Å². The van der Waals surface area contributed by atoms with Gasteiger partial charge in [-0.05, 0) is 99.1 Å². The molecule has 11 atom stereocenters.